The maximum Gasteiger partial charge on any atom is 0.191 e. The molecule has 7 heteroatoms. The van der Waals surface area contributed by atoms with Gasteiger partial charge in [-0.2, -0.15) is 0 Å². The summed E-state index contributed by atoms with van der Waals surface area (Å²) in [6.45, 7) is 9.49. The van der Waals surface area contributed by atoms with Crippen molar-refractivity contribution in [3.63, 3.8) is 0 Å². The summed E-state index contributed by atoms with van der Waals surface area (Å²) in [4.78, 5) is 8.31. The van der Waals surface area contributed by atoms with E-state index in [0.717, 1.165) is 29.7 Å². The first-order chi connectivity index (χ1) is 12.2. The number of thioether (sulfide) groups is 1. The fourth-order valence-electron chi connectivity index (χ4n) is 2.98. The number of benzene rings is 1. The molecule has 1 heterocycles. The van der Waals surface area contributed by atoms with Crippen LogP contribution in [0, 0.1) is 5.82 Å². The van der Waals surface area contributed by atoms with Crippen molar-refractivity contribution in [2.75, 3.05) is 38.5 Å². The van der Waals surface area contributed by atoms with Gasteiger partial charge < -0.3 is 15.5 Å². The van der Waals surface area contributed by atoms with Crippen LogP contribution in [-0.2, 0) is 0 Å². The molecule has 4 nitrogen and oxygen atoms in total. The maximum atomic E-state index is 12.9. The summed E-state index contributed by atoms with van der Waals surface area (Å²) < 4.78 is 12.9. The van der Waals surface area contributed by atoms with Gasteiger partial charge in [0.1, 0.15) is 5.82 Å². The van der Waals surface area contributed by atoms with E-state index in [1.165, 1.54) is 51.0 Å². The van der Waals surface area contributed by atoms with Gasteiger partial charge in [-0.25, -0.2) is 4.39 Å². The molecule has 0 aliphatic carbocycles. The number of piperidine rings is 1. The van der Waals surface area contributed by atoms with Gasteiger partial charge in [-0.3, -0.25) is 4.99 Å². The number of likely N-dealkylation sites (tertiary alicyclic amines) is 1. The van der Waals surface area contributed by atoms with Gasteiger partial charge in [-0.15, -0.1) is 35.7 Å². The molecular formula is C19H32FIN4S. The summed E-state index contributed by atoms with van der Waals surface area (Å²) in [7, 11) is 0. The SMILES string of the molecule is CCCN1CCC(NC(=NCCSc2ccc(F)cc2)NCC)CC1.I. The van der Waals surface area contributed by atoms with E-state index in [9.17, 15) is 4.39 Å². The van der Waals surface area contributed by atoms with E-state index in [4.69, 9.17) is 0 Å². The molecule has 2 N–H and O–H groups in total. The van der Waals surface area contributed by atoms with Crippen molar-refractivity contribution in [3.8, 4) is 0 Å². The molecule has 0 atom stereocenters. The number of nitrogens with zero attached hydrogens (tertiary/aromatic N) is 2. The molecule has 26 heavy (non-hydrogen) atoms. The third-order valence-electron chi connectivity index (χ3n) is 4.26. The lowest BCUT2D eigenvalue weighted by Gasteiger charge is -2.32. The predicted octanol–water partition coefficient (Wildman–Crippen LogP) is 3.97. The molecule has 0 amide bonds. The molecule has 0 aromatic heterocycles. The van der Waals surface area contributed by atoms with Crippen molar-refractivity contribution in [2.45, 2.75) is 44.0 Å². The summed E-state index contributed by atoms with van der Waals surface area (Å²) in [5.74, 6) is 1.61. The molecule has 1 fully saturated rings. The van der Waals surface area contributed by atoms with Crippen molar-refractivity contribution < 1.29 is 4.39 Å². The average molecular weight is 494 g/mol. The molecule has 1 aliphatic heterocycles. The molecule has 2 rings (SSSR count). The topological polar surface area (TPSA) is 39.7 Å². The zero-order chi connectivity index (χ0) is 17.9. The van der Waals surface area contributed by atoms with Crippen molar-refractivity contribution in [1.29, 1.82) is 0 Å². The van der Waals surface area contributed by atoms with Crippen LogP contribution in [0.5, 0.6) is 0 Å². The number of guanidine groups is 1. The molecule has 1 aromatic carbocycles. The lowest BCUT2D eigenvalue weighted by atomic mass is 10.1. The van der Waals surface area contributed by atoms with Gasteiger partial charge in [0, 0.05) is 36.3 Å². The zero-order valence-corrected chi connectivity index (χ0v) is 19.0. The second-order valence-electron chi connectivity index (χ2n) is 6.32. The second-order valence-corrected chi connectivity index (χ2v) is 7.49. The molecule has 1 aromatic rings. The number of hydrogen-bond acceptors (Lipinski definition) is 3. The predicted molar refractivity (Wildman–Crippen MR) is 121 cm³/mol. The van der Waals surface area contributed by atoms with Crippen molar-refractivity contribution in [1.82, 2.24) is 15.5 Å². The Bertz CT molecular complexity index is 519. The Morgan fingerprint density at radius 3 is 2.54 bits per heavy atom. The van der Waals surface area contributed by atoms with Crippen molar-refractivity contribution in [3.05, 3.63) is 30.1 Å². The Kier molecular flexibility index (Phi) is 12.3. The van der Waals surface area contributed by atoms with E-state index in [2.05, 4.69) is 34.4 Å². The first kappa shape index (κ1) is 23.5. The van der Waals surface area contributed by atoms with Crippen LogP contribution in [0.1, 0.15) is 33.1 Å². The van der Waals surface area contributed by atoms with Gasteiger partial charge in [0.25, 0.3) is 0 Å². The number of aliphatic imine (C=N–C) groups is 1. The highest BCUT2D eigenvalue weighted by Gasteiger charge is 2.19. The molecule has 148 valence electrons. The molecule has 0 saturated carbocycles. The van der Waals surface area contributed by atoms with E-state index in [1.807, 2.05) is 12.1 Å². The highest BCUT2D eigenvalue weighted by molar-refractivity contribution is 14.0. The summed E-state index contributed by atoms with van der Waals surface area (Å²) in [5.41, 5.74) is 0. The second kappa shape index (κ2) is 13.6. The minimum Gasteiger partial charge on any atom is -0.357 e. The maximum absolute atomic E-state index is 12.9. The standard InChI is InChI=1S/C19H31FN4S.HI/c1-3-12-24-13-9-17(10-14-24)23-19(21-4-2)22-11-15-25-18-7-5-16(20)6-8-18;/h5-8,17H,3-4,9-15H2,1-2H3,(H2,21,22,23);1H. The molecule has 0 unspecified atom stereocenters. The van der Waals surface area contributed by atoms with Crippen LogP contribution >= 0.6 is 35.7 Å². The van der Waals surface area contributed by atoms with E-state index in [-0.39, 0.29) is 29.8 Å². The fraction of sp³-hybridized carbons (Fsp3) is 0.632. The normalized spacial score (nSPS) is 16.2. The van der Waals surface area contributed by atoms with Crippen molar-refractivity contribution in [2.24, 2.45) is 4.99 Å². The van der Waals surface area contributed by atoms with Gasteiger partial charge in [0.15, 0.2) is 5.96 Å². The Labute approximate surface area is 178 Å². The molecule has 1 aliphatic rings. The van der Waals surface area contributed by atoms with Gasteiger partial charge in [-0.05, 0) is 57.0 Å². The number of hydrogen-bond donors (Lipinski definition) is 2. The number of halogens is 2. The lowest BCUT2D eigenvalue weighted by molar-refractivity contribution is 0.206. The first-order valence-corrected chi connectivity index (χ1v) is 10.4. The molecule has 0 spiro atoms. The third-order valence-corrected chi connectivity index (χ3v) is 5.25. The van der Waals surface area contributed by atoms with Crippen LogP contribution in [0.2, 0.25) is 0 Å². The molecule has 0 radical (unpaired) electrons. The smallest absolute Gasteiger partial charge is 0.191 e. The van der Waals surface area contributed by atoms with Gasteiger partial charge in [-0.1, -0.05) is 6.92 Å². The average Bonchev–Trinajstić information content (AvgIpc) is 2.62. The molecular weight excluding hydrogens is 462 g/mol. The van der Waals surface area contributed by atoms with E-state index >= 15 is 0 Å². The summed E-state index contributed by atoms with van der Waals surface area (Å²) >= 11 is 1.71. The fourth-order valence-corrected chi connectivity index (χ4v) is 3.73. The Balaban J connectivity index is 0.00000338. The number of rotatable bonds is 8. The highest BCUT2D eigenvalue weighted by Crippen LogP contribution is 2.17. The van der Waals surface area contributed by atoms with Crippen LogP contribution in [0.4, 0.5) is 4.39 Å². The minimum atomic E-state index is -0.189. The van der Waals surface area contributed by atoms with Gasteiger partial charge in [0.2, 0.25) is 0 Å². The highest BCUT2D eigenvalue weighted by atomic mass is 127. The Morgan fingerprint density at radius 1 is 1.23 bits per heavy atom. The molecule has 0 bridgehead atoms. The Hall–Kier alpha value is -0.540. The zero-order valence-electron chi connectivity index (χ0n) is 15.8. The van der Waals surface area contributed by atoms with Crippen LogP contribution in [0.25, 0.3) is 0 Å². The summed E-state index contributed by atoms with van der Waals surface area (Å²) in [6.07, 6.45) is 3.58. The Morgan fingerprint density at radius 2 is 1.92 bits per heavy atom. The van der Waals surface area contributed by atoms with Crippen LogP contribution < -0.4 is 10.6 Å². The largest absolute Gasteiger partial charge is 0.357 e. The summed E-state index contributed by atoms with van der Waals surface area (Å²) in [6, 6.07) is 7.15. The van der Waals surface area contributed by atoms with Crippen LogP contribution in [0.3, 0.4) is 0 Å². The minimum absolute atomic E-state index is 0. The van der Waals surface area contributed by atoms with Gasteiger partial charge in [0.05, 0.1) is 6.54 Å². The first-order valence-electron chi connectivity index (χ1n) is 9.36. The summed E-state index contributed by atoms with van der Waals surface area (Å²) in [5, 5.41) is 6.92. The van der Waals surface area contributed by atoms with E-state index in [1.54, 1.807) is 11.8 Å². The third kappa shape index (κ3) is 8.90. The number of nitrogens with one attached hydrogen (secondary N) is 2. The molecule has 1 saturated heterocycles. The van der Waals surface area contributed by atoms with Crippen LogP contribution in [-0.4, -0.2) is 55.4 Å². The quantitative estimate of drug-likeness (QED) is 0.189. The lowest BCUT2D eigenvalue weighted by Crippen LogP contribution is -2.48. The monoisotopic (exact) mass is 494 g/mol. The van der Waals surface area contributed by atoms with Gasteiger partial charge >= 0.3 is 0 Å². The van der Waals surface area contributed by atoms with E-state index in [0.29, 0.717) is 6.04 Å². The van der Waals surface area contributed by atoms with Crippen LogP contribution in [0.15, 0.2) is 34.2 Å². The van der Waals surface area contributed by atoms with E-state index < -0.39 is 0 Å². The van der Waals surface area contributed by atoms with Crippen molar-refractivity contribution >= 4 is 41.7 Å².